The van der Waals surface area contributed by atoms with Gasteiger partial charge < -0.3 is 23.4 Å². The van der Waals surface area contributed by atoms with Crippen molar-refractivity contribution < 1.29 is 28.2 Å². The van der Waals surface area contributed by atoms with Crippen LogP contribution in [0.1, 0.15) is 42.6 Å². The summed E-state index contributed by atoms with van der Waals surface area (Å²) in [5.41, 5.74) is 0.875. The first-order valence-corrected chi connectivity index (χ1v) is 10.00. The van der Waals surface area contributed by atoms with Crippen molar-refractivity contribution in [2.75, 3.05) is 0 Å². The molecule has 0 saturated heterocycles. The Balaban J connectivity index is 1.56. The molecule has 2 aromatic carbocycles. The van der Waals surface area contributed by atoms with Crippen molar-refractivity contribution in [2.24, 2.45) is 0 Å². The number of carboxylic acid groups (broad SMARTS) is 1. The van der Waals surface area contributed by atoms with E-state index in [9.17, 15) is 9.59 Å². The molecule has 7 nitrogen and oxygen atoms in total. The Hall–Kier alpha value is -4.00. The van der Waals surface area contributed by atoms with Crippen molar-refractivity contribution in [3.63, 3.8) is 0 Å². The maximum atomic E-state index is 13.0. The van der Waals surface area contributed by atoms with Crippen LogP contribution in [0.3, 0.4) is 0 Å². The van der Waals surface area contributed by atoms with E-state index < -0.39 is 5.97 Å². The van der Waals surface area contributed by atoms with Crippen molar-refractivity contribution in [2.45, 2.75) is 32.8 Å². The van der Waals surface area contributed by atoms with Crippen molar-refractivity contribution in [3.8, 4) is 17.2 Å². The first-order chi connectivity index (χ1) is 15.2. The Labute approximate surface area is 183 Å². The van der Waals surface area contributed by atoms with Gasteiger partial charge in [-0.1, -0.05) is 39.0 Å². The number of carboxylic acids is 1. The van der Waals surface area contributed by atoms with E-state index in [1.165, 1.54) is 18.4 Å². The molecule has 0 bridgehead atoms. The first-order valence-electron chi connectivity index (χ1n) is 10.00. The third-order valence-electron chi connectivity index (χ3n) is 4.88. The zero-order chi connectivity index (χ0) is 22.9. The van der Waals surface area contributed by atoms with Crippen molar-refractivity contribution in [1.29, 1.82) is 0 Å². The fourth-order valence-corrected chi connectivity index (χ4v) is 3.27. The predicted molar refractivity (Wildman–Crippen MR) is 118 cm³/mol. The van der Waals surface area contributed by atoms with Crippen LogP contribution in [-0.2, 0) is 12.0 Å². The molecular formula is C25H22O7. The SMILES string of the molecule is CC(C)(C)c1ccccc1Oc1coc2cc(OCc3ccc(C(=O)O)o3)ccc2c1=O. The summed E-state index contributed by atoms with van der Waals surface area (Å²) >= 11 is 0. The summed E-state index contributed by atoms with van der Waals surface area (Å²) in [6.45, 7) is 6.26. The van der Waals surface area contributed by atoms with Crippen LogP contribution in [0.25, 0.3) is 11.0 Å². The molecule has 0 saturated carbocycles. The molecule has 2 aromatic heterocycles. The van der Waals surface area contributed by atoms with Gasteiger partial charge in [0, 0.05) is 11.6 Å². The van der Waals surface area contributed by atoms with Crippen LogP contribution in [0.2, 0.25) is 0 Å². The highest BCUT2D eigenvalue weighted by Gasteiger charge is 2.20. The summed E-state index contributed by atoms with van der Waals surface area (Å²) in [6, 6.07) is 15.3. The third-order valence-corrected chi connectivity index (χ3v) is 4.88. The highest BCUT2D eigenvalue weighted by molar-refractivity contribution is 5.84. The van der Waals surface area contributed by atoms with Gasteiger partial charge in [-0.25, -0.2) is 4.79 Å². The lowest BCUT2D eigenvalue weighted by Crippen LogP contribution is -2.13. The molecule has 4 aromatic rings. The van der Waals surface area contributed by atoms with Gasteiger partial charge in [-0.15, -0.1) is 0 Å². The zero-order valence-electron chi connectivity index (χ0n) is 17.9. The Morgan fingerprint density at radius 2 is 1.81 bits per heavy atom. The molecule has 0 spiro atoms. The highest BCUT2D eigenvalue weighted by Crippen LogP contribution is 2.33. The first kappa shape index (κ1) is 21.2. The Morgan fingerprint density at radius 1 is 1.03 bits per heavy atom. The minimum absolute atomic E-state index is 0.0355. The molecule has 0 fully saturated rings. The number of rotatable bonds is 6. The van der Waals surface area contributed by atoms with Gasteiger partial charge in [0.25, 0.3) is 0 Å². The molecule has 0 aliphatic heterocycles. The molecular weight excluding hydrogens is 412 g/mol. The second-order valence-electron chi connectivity index (χ2n) is 8.30. The Bertz CT molecular complexity index is 1340. The molecule has 0 aliphatic rings. The average molecular weight is 434 g/mol. The van der Waals surface area contributed by atoms with Crippen LogP contribution < -0.4 is 14.9 Å². The van der Waals surface area contributed by atoms with Gasteiger partial charge in [-0.05, 0) is 35.7 Å². The van der Waals surface area contributed by atoms with Crippen LogP contribution in [0.5, 0.6) is 17.2 Å². The number of para-hydroxylation sites is 1. The fourth-order valence-electron chi connectivity index (χ4n) is 3.27. The summed E-state index contributed by atoms with van der Waals surface area (Å²) in [5.74, 6) is 0.205. The quantitative estimate of drug-likeness (QED) is 0.412. The maximum absolute atomic E-state index is 13.0. The Morgan fingerprint density at radius 3 is 2.53 bits per heavy atom. The largest absolute Gasteiger partial charge is 0.486 e. The second kappa shape index (κ2) is 8.26. The number of hydrogen-bond donors (Lipinski definition) is 1. The summed E-state index contributed by atoms with van der Waals surface area (Å²) < 4.78 is 22.4. The summed E-state index contributed by atoms with van der Waals surface area (Å²) in [7, 11) is 0. The van der Waals surface area contributed by atoms with Gasteiger partial charge in [-0.2, -0.15) is 0 Å². The maximum Gasteiger partial charge on any atom is 0.371 e. The van der Waals surface area contributed by atoms with Crippen LogP contribution in [-0.4, -0.2) is 11.1 Å². The van der Waals surface area contributed by atoms with E-state index >= 15 is 0 Å². The van der Waals surface area contributed by atoms with Crippen molar-refractivity contribution >= 4 is 16.9 Å². The smallest absolute Gasteiger partial charge is 0.371 e. The van der Waals surface area contributed by atoms with E-state index in [1.54, 1.807) is 18.2 Å². The Kier molecular flexibility index (Phi) is 5.48. The fraction of sp³-hybridized carbons (Fsp3) is 0.200. The molecule has 1 N–H and O–H groups in total. The van der Waals surface area contributed by atoms with Gasteiger partial charge in [0.15, 0.2) is 0 Å². The number of furan rings is 1. The number of ether oxygens (including phenoxy) is 2. The lowest BCUT2D eigenvalue weighted by Gasteiger charge is -2.22. The van der Waals surface area contributed by atoms with Crippen LogP contribution in [0.15, 0.2) is 74.5 Å². The van der Waals surface area contributed by atoms with E-state index in [0.29, 0.717) is 28.2 Å². The second-order valence-corrected chi connectivity index (χ2v) is 8.30. The number of fused-ring (bicyclic) bond motifs is 1. The van der Waals surface area contributed by atoms with Crippen molar-refractivity contribution in [1.82, 2.24) is 0 Å². The van der Waals surface area contributed by atoms with Gasteiger partial charge in [0.05, 0.1) is 5.39 Å². The van der Waals surface area contributed by atoms with Gasteiger partial charge in [-0.3, -0.25) is 4.79 Å². The topological polar surface area (TPSA) is 99.1 Å². The van der Waals surface area contributed by atoms with E-state index in [-0.39, 0.29) is 29.0 Å². The van der Waals surface area contributed by atoms with Crippen LogP contribution in [0, 0.1) is 0 Å². The molecule has 2 heterocycles. The molecule has 164 valence electrons. The molecule has 0 aliphatic carbocycles. The van der Waals surface area contributed by atoms with Crippen LogP contribution >= 0.6 is 0 Å². The monoisotopic (exact) mass is 434 g/mol. The molecule has 4 rings (SSSR count). The van der Waals surface area contributed by atoms with Crippen molar-refractivity contribution in [3.05, 3.63) is 88.2 Å². The average Bonchev–Trinajstić information content (AvgIpc) is 3.23. The molecule has 32 heavy (non-hydrogen) atoms. The van der Waals surface area contributed by atoms with Gasteiger partial charge >= 0.3 is 5.97 Å². The molecule has 0 atom stereocenters. The molecule has 0 unspecified atom stereocenters. The summed E-state index contributed by atoms with van der Waals surface area (Å²) in [5, 5.41) is 9.27. The lowest BCUT2D eigenvalue weighted by atomic mass is 9.86. The predicted octanol–water partition coefficient (Wildman–Crippen LogP) is 5.75. The number of benzene rings is 2. The minimum Gasteiger partial charge on any atom is -0.486 e. The van der Waals surface area contributed by atoms with E-state index in [1.807, 2.05) is 24.3 Å². The lowest BCUT2D eigenvalue weighted by molar-refractivity contribution is 0.0658. The van der Waals surface area contributed by atoms with Gasteiger partial charge in [0.1, 0.15) is 35.7 Å². The third kappa shape index (κ3) is 4.37. The number of hydrogen-bond acceptors (Lipinski definition) is 6. The molecule has 7 heteroatoms. The number of carbonyl (C=O) groups is 1. The van der Waals surface area contributed by atoms with Crippen LogP contribution in [0.4, 0.5) is 0 Å². The zero-order valence-corrected chi connectivity index (χ0v) is 17.9. The molecule has 0 amide bonds. The minimum atomic E-state index is -1.15. The standard InChI is InChI=1S/C25H22O7/c1-25(2,3)18-6-4-5-7-19(18)32-22-14-30-21-12-15(8-10-17(21)23(22)26)29-13-16-9-11-20(31-16)24(27)28/h4-12,14H,13H2,1-3H3,(H,27,28). The van der Waals surface area contributed by atoms with Gasteiger partial charge in [0.2, 0.25) is 16.9 Å². The number of aromatic carboxylic acids is 1. The van der Waals surface area contributed by atoms with E-state index in [2.05, 4.69) is 20.8 Å². The van der Waals surface area contributed by atoms with E-state index in [0.717, 1.165) is 5.56 Å². The van der Waals surface area contributed by atoms with E-state index in [4.69, 9.17) is 23.4 Å². The summed E-state index contributed by atoms with van der Waals surface area (Å²) in [4.78, 5) is 23.8. The highest BCUT2D eigenvalue weighted by atomic mass is 16.5. The molecule has 0 radical (unpaired) electrons. The normalized spacial score (nSPS) is 11.5. The summed E-state index contributed by atoms with van der Waals surface area (Å²) in [6.07, 6.45) is 1.29.